The van der Waals surface area contributed by atoms with E-state index < -0.39 is 5.60 Å². The molecule has 0 aliphatic carbocycles. The molecule has 1 aromatic carbocycles. The molecule has 0 unspecified atom stereocenters. The lowest BCUT2D eigenvalue weighted by Gasteiger charge is -2.16. The Morgan fingerprint density at radius 2 is 2.06 bits per heavy atom. The molecule has 86 valence electrons. The van der Waals surface area contributed by atoms with E-state index in [-0.39, 0.29) is 5.82 Å². The van der Waals surface area contributed by atoms with Crippen LogP contribution in [0.3, 0.4) is 0 Å². The van der Waals surface area contributed by atoms with Crippen LogP contribution in [0, 0.1) is 5.82 Å². The summed E-state index contributed by atoms with van der Waals surface area (Å²) < 4.78 is 15.0. The highest BCUT2D eigenvalue weighted by atomic mass is 19.1. The maximum absolute atomic E-state index is 13.1. The first-order valence-corrected chi connectivity index (χ1v) is 5.33. The van der Waals surface area contributed by atoms with Crippen molar-refractivity contribution in [2.75, 3.05) is 0 Å². The smallest absolute Gasteiger partial charge is 0.125 e. The lowest BCUT2D eigenvalue weighted by molar-refractivity contribution is 0.0813. The summed E-state index contributed by atoms with van der Waals surface area (Å²) >= 11 is 0. The molecule has 2 aromatic rings. The number of fused-ring (bicyclic) bond motifs is 1. The van der Waals surface area contributed by atoms with Crippen molar-refractivity contribution < 1.29 is 9.50 Å². The Bertz CT molecular complexity index is 522. The number of nitrogens with zero attached hydrogens (tertiary/aromatic N) is 1. The molecule has 1 heterocycles. The van der Waals surface area contributed by atoms with Crippen LogP contribution >= 0.6 is 0 Å². The number of benzene rings is 1. The van der Waals surface area contributed by atoms with E-state index in [4.69, 9.17) is 0 Å². The van der Waals surface area contributed by atoms with E-state index in [1.165, 1.54) is 12.1 Å². The summed E-state index contributed by atoms with van der Waals surface area (Å²) in [4.78, 5) is 0. The summed E-state index contributed by atoms with van der Waals surface area (Å²) in [5.74, 6) is -0.233. The second-order valence-electron chi connectivity index (χ2n) is 4.92. The maximum atomic E-state index is 13.1. The number of aryl methyl sites for hydroxylation is 1. The molecule has 0 radical (unpaired) electrons. The Kier molecular flexibility index (Phi) is 2.50. The zero-order chi connectivity index (χ0) is 11.9. The first-order chi connectivity index (χ1) is 7.37. The van der Waals surface area contributed by atoms with Gasteiger partial charge in [-0.25, -0.2) is 4.39 Å². The van der Waals surface area contributed by atoms with E-state index in [1.807, 2.05) is 17.8 Å². The molecule has 1 aromatic heterocycles. The summed E-state index contributed by atoms with van der Waals surface area (Å²) in [6.45, 7) is 3.55. The van der Waals surface area contributed by atoms with Gasteiger partial charge in [-0.2, -0.15) is 0 Å². The molecule has 2 rings (SSSR count). The highest BCUT2D eigenvalue weighted by Gasteiger charge is 2.17. The molecule has 0 bridgehead atoms. The summed E-state index contributed by atoms with van der Waals surface area (Å²) in [7, 11) is 1.88. The number of halogens is 1. The molecule has 0 saturated heterocycles. The third kappa shape index (κ3) is 2.09. The monoisotopic (exact) mass is 221 g/mol. The predicted molar refractivity (Wildman–Crippen MR) is 62.9 cm³/mol. The van der Waals surface area contributed by atoms with Crippen molar-refractivity contribution in [1.29, 1.82) is 0 Å². The topological polar surface area (TPSA) is 25.2 Å². The van der Waals surface area contributed by atoms with Crippen LogP contribution in [-0.2, 0) is 13.5 Å². The van der Waals surface area contributed by atoms with E-state index >= 15 is 0 Å². The van der Waals surface area contributed by atoms with Gasteiger partial charge in [-0.3, -0.25) is 0 Å². The average molecular weight is 221 g/mol. The van der Waals surface area contributed by atoms with Crippen molar-refractivity contribution in [2.24, 2.45) is 7.05 Å². The Hall–Kier alpha value is -1.35. The number of aromatic nitrogens is 1. The summed E-state index contributed by atoms with van der Waals surface area (Å²) in [6.07, 6.45) is 2.51. The van der Waals surface area contributed by atoms with Gasteiger partial charge in [0, 0.05) is 25.1 Å². The number of rotatable bonds is 2. The zero-order valence-corrected chi connectivity index (χ0v) is 9.79. The van der Waals surface area contributed by atoms with Crippen LogP contribution in [0.2, 0.25) is 0 Å². The Labute approximate surface area is 94.3 Å². The van der Waals surface area contributed by atoms with Crippen LogP contribution in [0.25, 0.3) is 10.9 Å². The van der Waals surface area contributed by atoms with E-state index in [9.17, 15) is 9.50 Å². The zero-order valence-electron chi connectivity index (χ0n) is 9.79. The molecular formula is C13H16FNO. The Balaban J connectivity index is 2.55. The van der Waals surface area contributed by atoms with Gasteiger partial charge >= 0.3 is 0 Å². The predicted octanol–water partition coefficient (Wildman–Crippen LogP) is 2.63. The fraction of sp³-hybridized carbons (Fsp3) is 0.385. The largest absolute Gasteiger partial charge is 0.390 e. The van der Waals surface area contributed by atoms with Gasteiger partial charge in [0.2, 0.25) is 0 Å². The lowest BCUT2D eigenvalue weighted by atomic mass is 9.98. The van der Waals surface area contributed by atoms with Gasteiger partial charge in [-0.15, -0.1) is 0 Å². The first-order valence-electron chi connectivity index (χ1n) is 5.33. The first kappa shape index (κ1) is 11.1. The van der Waals surface area contributed by atoms with Crippen molar-refractivity contribution in [2.45, 2.75) is 25.9 Å². The maximum Gasteiger partial charge on any atom is 0.125 e. The fourth-order valence-electron chi connectivity index (χ4n) is 2.05. The standard InChI is InChI=1S/C13H16FNO/c1-13(2,16)7-9-8-15(3)12-6-10(14)4-5-11(9)12/h4-6,8,16H,7H2,1-3H3. The van der Waals surface area contributed by atoms with Gasteiger partial charge in [0.25, 0.3) is 0 Å². The Morgan fingerprint density at radius 1 is 1.38 bits per heavy atom. The number of hydrogen-bond donors (Lipinski definition) is 1. The quantitative estimate of drug-likeness (QED) is 0.828. The van der Waals surface area contributed by atoms with Crippen LogP contribution in [-0.4, -0.2) is 15.3 Å². The number of aliphatic hydroxyl groups is 1. The summed E-state index contributed by atoms with van der Waals surface area (Å²) in [5, 5.41) is 10.8. The van der Waals surface area contributed by atoms with Gasteiger partial charge in [0.15, 0.2) is 0 Å². The third-order valence-electron chi connectivity index (χ3n) is 2.66. The molecule has 0 spiro atoms. The van der Waals surface area contributed by atoms with E-state index in [1.54, 1.807) is 19.9 Å². The fourth-order valence-corrected chi connectivity index (χ4v) is 2.05. The molecule has 0 saturated carbocycles. The van der Waals surface area contributed by atoms with Crippen LogP contribution < -0.4 is 0 Å². The Morgan fingerprint density at radius 3 is 2.69 bits per heavy atom. The molecule has 0 atom stereocenters. The second-order valence-corrected chi connectivity index (χ2v) is 4.92. The van der Waals surface area contributed by atoms with Gasteiger partial charge < -0.3 is 9.67 Å². The molecule has 0 fully saturated rings. The minimum atomic E-state index is -0.747. The molecule has 3 heteroatoms. The van der Waals surface area contributed by atoms with E-state index in [0.29, 0.717) is 6.42 Å². The highest BCUT2D eigenvalue weighted by Crippen LogP contribution is 2.24. The van der Waals surface area contributed by atoms with Gasteiger partial charge in [0.1, 0.15) is 5.82 Å². The van der Waals surface area contributed by atoms with Gasteiger partial charge in [-0.05, 0) is 37.6 Å². The second kappa shape index (κ2) is 3.59. The van der Waals surface area contributed by atoms with Crippen molar-refractivity contribution in [3.63, 3.8) is 0 Å². The molecule has 0 aliphatic rings. The molecule has 1 N–H and O–H groups in total. The SMILES string of the molecule is Cn1cc(CC(C)(C)O)c2ccc(F)cc21. The third-order valence-corrected chi connectivity index (χ3v) is 2.66. The molecule has 0 aliphatic heterocycles. The van der Waals surface area contributed by atoms with Crippen LogP contribution in [0.4, 0.5) is 4.39 Å². The molecule has 2 nitrogen and oxygen atoms in total. The normalized spacial score (nSPS) is 12.3. The molecule has 0 amide bonds. The minimum Gasteiger partial charge on any atom is -0.390 e. The van der Waals surface area contributed by atoms with Gasteiger partial charge in [-0.1, -0.05) is 0 Å². The van der Waals surface area contributed by atoms with Crippen molar-refractivity contribution in [3.8, 4) is 0 Å². The lowest BCUT2D eigenvalue weighted by Crippen LogP contribution is -2.21. The average Bonchev–Trinajstić information content (AvgIpc) is 2.40. The van der Waals surface area contributed by atoms with E-state index in [2.05, 4.69) is 0 Å². The molecule has 16 heavy (non-hydrogen) atoms. The van der Waals surface area contributed by atoms with Crippen LogP contribution in [0.5, 0.6) is 0 Å². The number of hydrogen-bond acceptors (Lipinski definition) is 1. The molecular weight excluding hydrogens is 205 g/mol. The van der Waals surface area contributed by atoms with Gasteiger partial charge in [0.05, 0.1) is 11.1 Å². The van der Waals surface area contributed by atoms with Crippen molar-refractivity contribution in [1.82, 2.24) is 4.57 Å². The summed E-state index contributed by atoms with van der Waals surface area (Å²) in [5.41, 5.74) is 1.16. The van der Waals surface area contributed by atoms with E-state index in [0.717, 1.165) is 16.5 Å². The van der Waals surface area contributed by atoms with Crippen LogP contribution in [0.15, 0.2) is 24.4 Å². The van der Waals surface area contributed by atoms with Crippen molar-refractivity contribution in [3.05, 3.63) is 35.8 Å². The highest BCUT2D eigenvalue weighted by molar-refractivity contribution is 5.84. The minimum absolute atomic E-state index is 0.233. The van der Waals surface area contributed by atoms with Crippen molar-refractivity contribution >= 4 is 10.9 Å². The van der Waals surface area contributed by atoms with Crippen LogP contribution in [0.1, 0.15) is 19.4 Å². The summed E-state index contributed by atoms with van der Waals surface area (Å²) in [6, 6.07) is 4.74.